The third kappa shape index (κ3) is 20.8. The summed E-state index contributed by atoms with van der Waals surface area (Å²) in [5.41, 5.74) is 9.26. The van der Waals surface area contributed by atoms with Crippen LogP contribution in [0.4, 0.5) is 41.2 Å². The van der Waals surface area contributed by atoms with E-state index >= 15 is 0 Å². The van der Waals surface area contributed by atoms with Crippen LogP contribution in [0, 0.1) is 18.8 Å². The average Bonchev–Trinajstić information content (AvgIpc) is 1.56. The fourth-order valence-electron chi connectivity index (χ4n) is 12.0. The Bertz CT molecular complexity index is 4130. The van der Waals surface area contributed by atoms with Gasteiger partial charge in [0, 0.05) is 130 Å². The highest BCUT2D eigenvalue weighted by atomic mass is 35.5. The molecular weight excluding hydrogens is 1370 g/mol. The number of carbonyl (C=O) groups is 11. The zero-order valence-electron chi connectivity index (χ0n) is 58.4. The van der Waals surface area contributed by atoms with Gasteiger partial charge in [-0.05, 0) is 103 Å². The number of amides is 11. The van der Waals surface area contributed by atoms with Gasteiger partial charge in [0.05, 0.1) is 63.0 Å². The van der Waals surface area contributed by atoms with Crippen LogP contribution in [0.1, 0.15) is 76.6 Å². The zero-order valence-corrected chi connectivity index (χ0v) is 59.2. The molecule has 8 N–H and O–H groups in total. The third-order valence-electron chi connectivity index (χ3n) is 17.7. The largest absolute Gasteiger partial charge is 0.447 e. The molecule has 0 saturated carbocycles. The number of ketones is 1. The number of aliphatic hydroxyl groups excluding tert-OH is 1. The Morgan fingerprint density at radius 1 is 0.817 bits per heavy atom. The SMILES string of the molecule is Cc1cccc2c(OC(=O)N(CCOCCO)CCN(C)C(=O)OCc3ccc(NC(=O)[C@H](CCCNC(N)=O)CC(=O)[C@@H](NC(=O)OCCOCCN4C(=O)C=CC4=O)C(C)C)cc3)cc3c(c12)[C@H](CCl)CN3C(=O)c1cc2cc(NC(=O)c3ccc(OC(=O)N4CCN(C)CC4)cc3)ncc2[nH]1. The number of aromatic nitrogens is 2. The molecule has 3 atom stereocenters. The van der Waals surface area contributed by atoms with E-state index in [1.54, 1.807) is 90.4 Å². The van der Waals surface area contributed by atoms with E-state index in [1.807, 2.05) is 32.2 Å². The minimum absolute atomic E-state index is 0.000933. The Hall–Kier alpha value is -10.7. The van der Waals surface area contributed by atoms with Crippen molar-refractivity contribution in [1.82, 2.24) is 45.1 Å². The van der Waals surface area contributed by atoms with Gasteiger partial charge in [-0.1, -0.05) is 44.2 Å². The number of nitrogens with two attached hydrogens (primary N) is 1. The van der Waals surface area contributed by atoms with E-state index in [-0.39, 0.29) is 134 Å². The first-order valence-electron chi connectivity index (χ1n) is 34.0. The van der Waals surface area contributed by atoms with Gasteiger partial charge in [0.15, 0.2) is 5.78 Å². The first-order valence-corrected chi connectivity index (χ1v) is 34.6. The lowest BCUT2D eigenvalue weighted by molar-refractivity contribution is -0.137. The van der Waals surface area contributed by atoms with Gasteiger partial charge >= 0.3 is 30.4 Å². The number of anilines is 3. The van der Waals surface area contributed by atoms with Gasteiger partial charge in [-0.2, -0.15) is 0 Å². The minimum Gasteiger partial charge on any atom is -0.447 e. The number of hydrogen-bond acceptors (Lipinski definition) is 20. The van der Waals surface area contributed by atoms with E-state index in [0.717, 1.165) is 46.7 Å². The molecule has 1 saturated heterocycles. The highest BCUT2D eigenvalue weighted by Gasteiger charge is 2.38. The van der Waals surface area contributed by atoms with Gasteiger partial charge in [-0.25, -0.2) is 29.0 Å². The number of imide groups is 1. The number of ether oxygens (including phenoxy) is 6. The van der Waals surface area contributed by atoms with Gasteiger partial charge < -0.3 is 90.0 Å². The fraction of sp³-hybridized carbons (Fsp3) is 0.417. The van der Waals surface area contributed by atoms with E-state index in [2.05, 4.69) is 36.1 Å². The molecule has 2 aromatic heterocycles. The molecule has 0 unspecified atom stereocenters. The number of hydrogen-bond donors (Lipinski definition) is 7. The number of aryl methyl sites for hydroxylation is 1. The van der Waals surface area contributed by atoms with E-state index in [9.17, 15) is 57.8 Å². The quantitative estimate of drug-likeness (QED) is 0.0127. The fourth-order valence-corrected chi connectivity index (χ4v) is 12.2. The number of alkyl halides is 1. The molecule has 0 aliphatic carbocycles. The van der Waals surface area contributed by atoms with Gasteiger partial charge in [0.1, 0.15) is 36.2 Å². The molecule has 554 valence electrons. The molecule has 3 aliphatic rings. The molecule has 3 aliphatic heterocycles. The molecule has 0 bridgehead atoms. The van der Waals surface area contributed by atoms with E-state index < -0.39 is 83.6 Å². The molecule has 6 aromatic rings. The van der Waals surface area contributed by atoms with Crippen molar-refractivity contribution in [2.24, 2.45) is 17.6 Å². The summed E-state index contributed by atoms with van der Waals surface area (Å²) >= 11 is 6.69. The number of aliphatic hydroxyl groups is 1. The molecule has 0 radical (unpaired) electrons. The number of fused-ring (bicyclic) bond motifs is 4. The second-order valence-corrected chi connectivity index (χ2v) is 25.8. The van der Waals surface area contributed by atoms with Crippen molar-refractivity contribution < 1.29 is 86.3 Å². The van der Waals surface area contributed by atoms with Crippen molar-refractivity contribution in [1.29, 1.82) is 0 Å². The molecule has 32 heteroatoms. The van der Waals surface area contributed by atoms with Crippen LogP contribution in [0.5, 0.6) is 11.5 Å². The number of urea groups is 1. The van der Waals surface area contributed by atoms with Crippen LogP contribution in [0.3, 0.4) is 0 Å². The lowest BCUT2D eigenvalue weighted by Crippen LogP contribution is -2.48. The normalized spacial score (nSPS) is 14.8. The summed E-state index contributed by atoms with van der Waals surface area (Å²) in [7, 11) is 3.48. The van der Waals surface area contributed by atoms with Crippen LogP contribution >= 0.6 is 11.6 Å². The second kappa shape index (κ2) is 36.9. The van der Waals surface area contributed by atoms with Crippen LogP contribution in [0.25, 0.3) is 21.7 Å². The number of alkyl carbamates (subject to hydrolysis) is 1. The Balaban J connectivity index is 0.794. The maximum absolute atomic E-state index is 14.8. The topological polar surface area (TPSA) is 386 Å². The number of primary amides is 1. The van der Waals surface area contributed by atoms with Crippen molar-refractivity contribution >= 4 is 116 Å². The van der Waals surface area contributed by atoms with E-state index in [1.165, 1.54) is 23.0 Å². The van der Waals surface area contributed by atoms with Crippen LogP contribution in [0.15, 0.2) is 103 Å². The summed E-state index contributed by atoms with van der Waals surface area (Å²) in [6, 6.07) is 21.3. The van der Waals surface area contributed by atoms with Gasteiger partial charge in [-0.3, -0.25) is 33.7 Å². The average molecular weight is 1460 g/mol. The predicted octanol–water partition coefficient (Wildman–Crippen LogP) is 6.74. The summed E-state index contributed by atoms with van der Waals surface area (Å²) in [5, 5.41) is 22.0. The Kier molecular flexibility index (Phi) is 27.5. The molecule has 0 spiro atoms. The number of rotatable bonds is 33. The van der Waals surface area contributed by atoms with Gasteiger partial charge in [0.2, 0.25) is 5.91 Å². The number of benzene rings is 4. The number of Topliss-reactive ketones (excluding diaryl/α,β-unsaturated/α-hetero) is 1. The lowest BCUT2D eigenvalue weighted by Gasteiger charge is -2.31. The Labute approximate surface area is 604 Å². The first-order chi connectivity index (χ1) is 50.0. The molecule has 1 fully saturated rings. The zero-order chi connectivity index (χ0) is 74.6. The van der Waals surface area contributed by atoms with Crippen LogP contribution in [0.2, 0.25) is 0 Å². The molecule has 31 nitrogen and oxygen atoms in total. The number of H-pyrrole nitrogens is 1. The lowest BCUT2D eigenvalue weighted by atomic mass is 9.89. The van der Waals surface area contributed by atoms with Crippen molar-refractivity contribution in [3.8, 4) is 11.5 Å². The highest BCUT2D eigenvalue weighted by molar-refractivity contribution is 6.20. The number of pyridine rings is 1. The predicted molar refractivity (Wildman–Crippen MR) is 383 cm³/mol. The van der Waals surface area contributed by atoms with Gasteiger partial charge in [-0.15, -0.1) is 11.6 Å². The second-order valence-electron chi connectivity index (χ2n) is 25.5. The van der Waals surface area contributed by atoms with E-state index in [4.69, 9.17) is 45.8 Å². The number of nitrogens with zero attached hydrogens (tertiary/aromatic N) is 7. The van der Waals surface area contributed by atoms with E-state index in [0.29, 0.717) is 57.6 Å². The Morgan fingerprint density at radius 2 is 1.55 bits per heavy atom. The third-order valence-corrected chi connectivity index (χ3v) is 18.1. The molecule has 11 amide bonds. The number of likely N-dealkylation sites (N-methyl/N-ethyl adjacent to an activating group) is 2. The smallest absolute Gasteiger partial charge is 0.415 e. The van der Waals surface area contributed by atoms with Crippen molar-refractivity contribution in [3.63, 3.8) is 0 Å². The number of nitrogens with one attached hydrogen (secondary N) is 5. The summed E-state index contributed by atoms with van der Waals surface area (Å²) in [5.74, 6) is -3.60. The highest BCUT2D eigenvalue weighted by Crippen LogP contribution is 2.47. The Morgan fingerprint density at radius 3 is 2.25 bits per heavy atom. The molecule has 4 aromatic carbocycles. The van der Waals surface area contributed by atoms with Crippen molar-refractivity contribution in [3.05, 3.63) is 131 Å². The van der Waals surface area contributed by atoms with Gasteiger partial charge in [0.25, 0.3) is 23.6 Å². The number of halogens is 1. The molecule has 104 heavy (non-hydrogen) atoms. The number of aromatic amines is 1. The standard InChI is InChI=1S/C72H86ClN13O18/c1-44(2)64(80-69(95)101-35-34-100-32-29-85-60(89)19-20-61(85)90)57(88)37-48(9-7-21-75-68(74)94)66(92)77-51-15-11-46(12-16-51)43-102-70(96)82(5)24-27-84(28-31-99-33-30-87)72(98)104-58-39-56-63(62-45(3)8-6-10-53(58)62)50(40-73)42-86(56)67(93)54-36-49-38-59(76-41-55(49)78-54)79-65(91)47-13-17-52(18-14-47)103-71(97)83-25-22-81(4)23-26-83/h6,8,10-20,36,38-39,41,44,48,50,64,78,87H,7,9,21-35,37,40,42-43H2,1-5H3,(H,77,92)(H,80,95)(H3,74,75,94)(H,76,79,91)/t48-,50-,64+/m1/s1. The van der Waals surface area contributed by atoms with Crippen LogP contribution in [-0.2, 0) is 44.7 Å². The summed E-state index contributed by atoms with van der Waals surface area (Å²) in [4.78, 5) is 161. The minimum atomic E-state index is -1.04. The summed E-state index contributed by atoms with van der Waals surface area (Å²) in [6.45, 7) is 7.47. The summed E-state index contributed by atoms with van der Waals surface area (Å²) < 4.78 is 33.6. The monoisotopic (exact) mass is 1460 g/mol. The molecular formula is C72H86ClN13O18. The summed E-state index contributed by atoms with van der Waals surface area (Å²) in [6.07, 6.45) is 1.06. The molecule has 9 rings (SSSR count). The number of piperazine rings is 1. The molecule has 5 heterocycles. The number of carbonyl (C=O) groups excluding carboxylic acids is 11. The van der Waals surface area contributed by atoms with Crippen molar-refractivity contribution in [2.75, 3.05) is 141 Å². The van der Waals surface area contributed by atoms with Crippen LogP contribution < -0.4 is 41.4 Å². The first kappa shape index (κ1) is 77.4. The van der Waals surface area contributed by atoms with Crippen LogP contribution in [-0.4, -0.2) is 236 Å². The maximum atomic E-state index is 14.8. The maximum Gasteiger partial charge on any atom is 0.415 e. The van der Waals surface area contributed by atoms with Crippen molar-refractivity contribution in [2.45, 2.75) is 58.6 Å².